The maximum atomic E-state index is 13.1. The molecule has 1 aromatic carbocycles. The van der Waals surface area contributed by atoms with Gasteiger partial charge in [-0.2, -0.15) is 0 Å². The predicted molar refractivity (Wildman–Crippen MR) is 93.5 cm³/mol. The van der Waals surface area contributed by atoms with Crippen molar-refractivity contribution in [1.29, 1.82) is 0 Å². The maximum Gasteiger partial charge on any atom is 0.316 e. The van der Waals surface area contributed by atoms with E-state index in [4.69, 9.17) is 9.26 Å². The zero-order valence-electron chi connectivity index (χ0n) is 14.2. The summed E-state index contributed by atoms with van der Waals surface area (Å²) in [5.74, 6) is -1.28. The van der Waals surface area contributed by atoms with Gasteiger partial charge in [0.2, 0.25) is 5.91 Å². The highest BCUT2D eigenvalue weighted by Crippen LogP contribution is 2.14. The lowest BCUT2D eigenvalue weighted by Gasteiger charge is -2.10. The fourth-order valence-corrected chi connectivity index (χ4v) is 2.53. The molecule has 1 amide bonds. The molecule has 0 unspecified atom stereocenters. The Morgan fingerprint density at radius 3 is 2.77 bits per heavy atom. The Morgan fingerprint density at radius 1 is 1.35 bits per heavy atom. The SMILES string of the molecule is Cc1cc(NC(=O)[C@H](C)SCC(=O)OCC(=O)c2cccc(F)c2)no1. The van der Waals surface area contributed by atoms with E-state index in [1.54, 1.807) is 19.9 Å². The van der Waals surface area contributed by atoms with E-state index < -0.39 is 29.4 Å². The molecule has 9 heteroatoms. The molecule has 2 aromatic rings. The summed E-state index contributed by atoms with van der Waals surface area (Å²) in [5.41, 5.74) is 0.126. The van der Waals surface area contributed by atoms with Gasteiger partial charge in [0.15, 0.2) is 18.2 Å². The van der Waals surface area contributed by atoms with Crippen molar-refractivity contribution in [2.45, 2.75) is 19.1 Å². The zero-order valence-corrected chi connectivity index (χ0v) is 15.0. The minimum absolute atomic E-state index is 0.108. The second kappa shape index (κ2) is 9.14. The summed E-state index contributed by atoms with van der Waals surface area (Å²) >= 11 is 1.05. The first-order chi connectivity index (χ1) is 12.3. The standard InChI is InChI=1S/C17H17FN2O5S/c1-10-6-15(20-25-10)19-17(23)11(2)26-9-16(22)24-8-14(21)12-4-3-5-13(18)7-12/h3-7,11H,8-9H2,1-2H3,(H,19,20,23)/t11-/m0/s1. The Labute approximate surface area is 153 Å². The van der Waals surface area contributed by atoms with Crippen LogP contribution in [0.5, 0.6) is 0 Å². The zero-order chi connectivity index (χ0) is 19.1. The highest BCUT2D eigenvalue weighted by Gasteiger charge is 2.18. The third-order valence-electron chi connectivity index (χ3n) is 3.21. The molecule has 1 N–H and O–H groups in total. The Hall–Kier alpha value is -2.68. The van der Waals surface area contributed by atoms with Crippen LogP contribution in [0.4, 0.5) is 10.2 Å². The Bertz CT molecular complexity index is 808. The number of nitrogens with zero attached hydrogens (tertiary/aromatic N) is 1. The molecule has 0 spiro atoms. The van der Waals surface area contributed by atoms with E-state index in [0.29, 0.717) is 11.6 Å². The van der Waals surface area contributed by atoms with Gasteiger partial charge in [0.25, 0.3) is 0 Å². The third-order valence-corrected chi connectivity index (χ3v) is 4.33. The molecule has 1 atom stereocenters. The largest absolute Gasteiger partial charge is 0.457 e. The highest BCUT2D eigenvalue weighted by molar-refractivity contribution is 8.01. The van der Waals surface area contributed by atoms with Gasteiger partial charge in [0, 0.05) is 11.6 Å². The maximum absolute atomic E-state index is 13.1. The van der Waals surface area contributed by atoms with Crippen LogP contribution in [0.25, 0.3) is 0 Å². The molecule has 0 fully saturated rings. The second-order valence-electron chi connectivity index (χ2n) is 5.36. The van der Waals surface area contributed by atoms with Gasteiger partial charge in [-0.3, -0.25) is 14.4 Å². The topological polar surface area (TPSA) is 98.5 Å². The number of thioether (sulfide) groups is 1. The van der Waals surface area contributed by atoms with Gasteiger partial charge in [-0.25, -0.2) is 4.39 Å². The van der Waals surface area contributed by atoms with Crippen molar-refractivity contribution in [3.8, 4) is 0 Å². The van der Waals surface area contributed by atoms with E-state index in [2.05, 4.69) is 10.5 Å². The fourth-order valence-electron chi connectivity index (χ4n) is 1.85. The number of halogens is 1. The van der Waals surface area contributed by atoms with Gasteiger partial charge < -0.3 is 14.6 Å². The summed E-state index contributed by atoms with van der Waals surface area (Å²) in [6.07, 6.45) is 0. The number of benzene rings is 1. The van der Waals surface area contributed by atoms with Gasteiger partial charge in [-0.1, -0.05) is 17.3 Å². The first-order valence-electron chi connectivity index (χ1n) is 7.65. The van der Waals surface area contributed by atoms with Crippen molar-refractivity contribution < 1.29 is 28.0 Å². The second-order valence-corrected chi connectivity index (χ2v) is 6.69. The molecule has 0 aliphatic heterocycles. The summed E-state index contributed by atoms with van der Waals surface area (Å²) in [6.45, 7) is 2.84. The smallest absolute Gasteiger partial charge is 0.316 e. The Morgan fingerprint density at radius 2 is 2.12 bits per heavy atom. The number of hydrogen-bond donors (Lipinski definition) is 1. The number of Topliss-reactive ketones (excluding diaryl/α,β-unsaturated/α-hetero) is 1. The molecular weight excluding hydrogens is 363 g/mol. The monoisotopic (exact) mass is 380 g/mol. The van der Waals surface area contributed by atoms with Crippen LogP contribution in [0.1, 0.15) is 23.0 Å². The highest BCUT2D eigenvalue weighted by atomic mass is 32.2. The molecule has 0 bridgehead atoms. The number of carbonyl (C=O) groups excluding carboxylic acids is 3. The lowest BCUT2D eigenvalue weighted by molar-refractivity contribution is -0.139. The summed E-state index contributed by atoms with van der Waals surface area (Å²) in [5, 5.41) is 5.66. The average Bonchev–Trinajstić information content (AvgIpc) is 3.02. The molecule has 1 aromatic heterocycles. The van der Waals surface area contributed by atoms with Crippen LogP contribution >= 0.6 is 11.8 Å². The number of carbonyl (C=O) groups is 3. The normalized spacial score (nSPS) is 11.7. The lowest BCUT2D eigenvalue weighted by atomic mass is 10.1. The van der Waals surface area contributed by atoms with Crippen molar-refractivity contribution in [3.05, 3.63) is 47.5 Å². The van der Waals surface area contributed by atoms with E-state index in [-0.39, 0.29) is 17.2 Å². The third kappa shape index (κ3) is 5.99. The number of aromatic nitrogens is 1. The summed E-state index contributed by atoms with van der Waals surface area (Å²) in [7, 11) is 0. The summed E-state index contributed by atoms with van der Waals surface area (Å²) < 4.78 is 22.8. The molecule has 1 heterocycles. The minimum atomic E-state index is -0.642. The van der Waals surface area contributed by atoms with E-state index in [1.807, 2.05) is 0 Å². The molecule has 0 radical (unpaired) electrons. The van der Waals surface area contributed by atoms with Crippen LogP contribution in [0.2, 0.25) is 0 Å². The summed E-state index contributed by atoms with van der Waals surface area (Å²) in [6, 6.07) is 6.69. The molecule has 0 saturated carbocycles. The van der Waals surface area contributed by atoms with Crippen molar-refractivity contribution >= 4 is 35.2 Å². The predicted octanol–water partition coefficient (Wildman–Crippen LogP) is 2.61. The van der Waals surface area contributed by atoms with Crippen molar-refractivity contribution in [1.82, 2.24) is 5.16 Å². The van der Waals surface area contributed by atoms with Crippen molar-refractivity contribution in [2.24, 2.45) is 0 Å². The molecule has 2 rings (SSSR count). The first kappa shape index (κ1) is 19.6. The molecule has 7 nitrogen and oxygen atoms in total. The van der Waals surface area contributed by atoms with E-state index >= 15 is 0 Å². The Kier molecular flexibility index (Phi) is 6.90. The van der Waals surface area contributed by atoms with Gasteiger partial charge >= 0.3 is 5.97 Å². The lowest BCUT2D eigenvalue weighted by Crippen LogP contribution is -2.24. The summed E-state index contributed by atoms with van der Waals surface area (Å²) in [4.78, 5) is 35.5. The number of ketones is 1. The molecule has 26 heavy (non-hydrogen) atoms. The van der Waals surface area contributed by atoms with E-state index in [0.717, 1.165) is 17.8 Å². The minimum Gasteiger partial charge on any atom is -0.457 e. The Balaban J connectivity index is 1.72. The van der Waals surface area contributed by atoms with Crippen LogP contribution in [0.15, 0.2) is 34.9 Å². The average molecular weight is 380 g/mol. The quantitative estimate of drug-likeness (QED) is 0.555. The first-order valence-corrected chi connectivity index (χ1v) is 8.70. The van der Waals surface area contributed by atoms with Gasteiger partial charge in [-0.15, -0.1) is 11.8 Å². The van der Waals surface area contributed by atoms with Crippen LogP contribution in [-0.2, 0) is 14.3 Å². The number of esters is 1. The van der Waals surface area contributed by atoms with Crippen LogP contribution in [0.3, 0.4) is 0 Å². The number of anilines is 1. The van der Waals surface area contributed by atoms with Gasteiger partial charge in [0.05, 0.1) is 11.0 Å². The van der Waals surface area contributed by atoms with Crippen LogP contribution in [-0.4, -0.2) is 40.4 Å². The molecule has 0 aliphatic rings. The van der Waals surface area contributed by atoms with Crippen LogP contribution < -0.4 is 5.32 Å². The van der Waals surface area contributed by atoms with Crippen LogP contribution in [0, 0.1) is 12.7 Å². The number of ether oxygens (including phenoxy) is 1. The molecule has 138 valence electrons. The number of nitrogens with one attached hydrogen (secondary N) is 1. The fraction of sp³-hybridized carbons (Fsp3) is 0.294. The number of hydrogen-bond acceptors (Lipinski definition) is 7. The van der Waals surface area contributed by atoms with E-state index in [1.165, 1.54) is 18.2 Å². The number of amides is 1. The van der Waals surface area contributed by atoms with Gasteiger partial charge in [0.1, 0.15) is 11.6 Å². The molecule has 0 saturated heterocycles. The molecule has 0 aliphatic carbocycles. The number of aryl methyl sites for hydroxylation is 1. The number of rotatable bonds is 8. The van der Waals surface area contributed by atoms with Crippen molar-refractivity contribution in [3.63, 3.8) is 0 Å². The van der Waals surface area contributed by atoms with E-state index in [9.17, 15) is 18.8 Å². The van der Waals surface area contributed by atoms with Crippen molar-refractivity contribution in [2.75, 3.05) is 17.7 Å². The van der Waals surface area contributed by atoms with Gasteiger partial charge in [-0.05, 0) is 26.0 Å². The molecular formula is C17H17FN2O5S.